The van der Waals surface area contributed by atoms with Gasteiger partial charge in [0.2, 0.25) is 0 Å². The number of anilines is 1. The average molecular weight is 303 g/mol. The molecule has 2 aromatic heterocycles. The number of benzene rings is 1. The second-order valence-corrected chi connectivity index (χ2v) is 5.88. The lowest BCUT2D eigenvalue weighted by atomic mass is 10.2. The number of aromatic nitrogens is 1. The Balaban J connectivity index is 1.86. The fourth-order valence-corrected chi connectivity index (χ4v) is 2.97. The van der Waals surface area contributed by atoms with Crippen molar-refractivity contribution in [2.45, 2.75) is 6.92 Å². The van der Waals surface area contributed by atoms with Crippen molar-refractivity contribution in [1.82, 2.24) is 4.98 Å². The van der Waals surface area contributed by atoms with Gasteiger partial charge in [-0.05, 0) is 36.1 Å². The Bertz CT molecular complexity index is 764. The van der Waals surface area contributed by atoms with Gasteiger partial charge in [-0.25, -0.2) is 4.98 Å². The normalized spacial score (nSPS) is 10.7. The minimum Gasteiger partial charge on any atom is -0.320 e. The van der Waals surface area contributed by atoms with E-state index in [4.69, 9.17) is 11.6 Å². The van der Waals surface area contributed by atoms with Crippen molar-refractivity contribution in [3.63, 3.8) is 0 Å². The highest BCUT2D eigenvalue weighted by molar-refractivity contribution is 7.20. The third-order valence-electron chi connectivity index (χ3n) is 2.92. The van der Waals surface area contributed by atoms with Crippen LogP contribution in [0.5, 0.6) is 0 Å². The van der Waals surface area contributed by atoms with Crippen LogP contribution in [0.2, 0.25) is 5.15 Å². The number of nitrogens with zero attached hydrogens (tertiary/aromatic N) is 1. The van der Waals surface area contributed by atoms with Crippen LogP contribution in [0.3, 0.4) is 0 Å². The number of carbonyl (C=O) groups is 1. The Labute approximate surface area is 125 Å². The molecule has 0 fully saturated rings. The van der Waals surface area contributed by atoms with Gasteiger partial charge in [-0.3, -0.25) is 4.79 Å². The number of hydrogen-bond acceptors (Lipinski definition) is 3. The van der Waals surface area contributed by atoms with Crippen molar-refractivity contribution in [2.75, 3.05) is 5.32 Å². The van der Waals surface area contributed by atoms with Gasteiger partial charge in [-0.2, -0.15) is 0 Å². The van der Waals surface area contributed by atoms with Crippen LogP contribution in [0.25, 0.3) is 10.1 Å². The van der Waals surface area contributed by atoms with Gasteiger partial charge in [0.15, 0.2) is 0 Å². The predicted molar refractivity (Wildman–Crippen MR) is 83.8 cm³/mol. The molecule has 3 rings (SSSR count). The molecule has 1 amide bonds. The van der Waals surface area contributed by atoms with Gasteiger partial charge in [-0.1, -0.05) is 29.8 Å². The SMILES string of the molecule is Cc1cc(NC(=O)c2cc3ccccc3s2)cnc1Cl. The largest absolute Gasteiger partial charge is 0.320 e. The molecule has 5 heteroatoms. The number of amides is 1. The van der Waals surface area contributed by atoms with Gasteiger partial charge in [0.05, 0.1) is 16.8 Å². The highest BCUT2D eigenvalue weighted by Crippen LogP contribution is 2.26. The van der Waals surface area contributed by atoms with Gasteiger partial charge in [0.1, 0.15) is 5.15 Å². The van der Waals surface area contributed by atoms with Gasteiger partial charge in [0, 0.05) is 4.70 Å². The number of rotatable bonds is 2. The molecule has 20 heavy (non-hydrogen) atoms. The van der Waals surface area contributed by atoms with E-state index in [1.54, 1.807) is 12.3 Å². The summed E-state index contributed by atoms with van der Waals surface area (Å²) in [6, 6.07) is 11.6. The molecule has 3 aromatic rings. The van der Waals surface area contributed by atoms with Crippen LogP contribution in [0.4, 0.5) is 5.69 Å². The van der Waals surface area contributed by atoms with E-state index in [2.05, 4.69) is 10.3 Å². The number of carbonyl (C=O) groups excluding carboxylic acids is 1. The number of fused-ring (bicyclic) bond motifs is 1. The van der Waals surface area contributed by atoms with Crippen LogP contribution in [0, 0.1) is 6.92 Å². The summed E-state index contributed by atoms with van der Waals surface area (Å²) in [5, 5.41) is 4.36. The molecule has 3 nitrogen and oxygen atoms in total. The maximum atomic E-state index is 12.2. The van der Waals surface area contributed by atoms with E-state index in [1.807, 2.05) is 37.3 Å². The maximum Gasteiger partial charge on any atom is 0.265 e. The zero-order valence-electron chi connectivity index (χ0n) is 10.7. The number of pyridine rings is 1. The van der Waals surface area contributed by atoms with Crippen molar-refractivity contribution in [3.8, 4) is 0 Å². The van der Waals surface area contributed by atoms with Gasteiger partial charge < -0.3 is 5.32 Å². The van der Waals surface area contributed by atoms with Gasteiger partial charge in [0.25, 0.3) is 5.91 Å². The van der Waals surface area contributed by atoms with Crippen LogP contribution in [-0.2, 0) is 0 Å². The molecular formula is C15H11ClN2OS. The van der Waals surface area contributed by atoms with Crippen molar-refractivity contribution >= 4 is 44.6 Å². The molecular weight excluding hydrogens is 292 g/mol. The zero-order chi connectivity index (χ0) is 14.1. The van der Waals surface area contributed by atoms with Crippen molar-refractivity contribution in [2.24, 2.45) is 0 Å². The Morgan fingerprint density at radius 3 is 2.85 bits per heavy atom. The van der Waals surface area contributed by atoms with Crippen molar-refractivity contribution in [1.29, 1.82) is 0 Å². The minimum atomic E-state index is -0.130. The quantitative estimate of drug-likeness (QED) is 0.708. The Morgan fingerprint density at radius 2 is 2.10 bits per heavy atom. The summed E-state index contributed by atoms with van der Waals surface area (Å²) in [7, 11) is 0. The first kappa shape index (κ1) is 13.1. The fraction of sp³-hybridized carbons (Fsp3) is 0.0667. The van der Waals surface area contributed by atoms with Crippen molar-refractivity contribution < 1.29 is 4.79 Å². The summed E-state index contributed by atoms with van der Waals surface area (Å²) < 4.78 is 1.10. The molecule has 1 aromatic carbocycles. The summed E-state index contributed by atoms with van der Waals surface area (Å²) >= 11 is 7.34. The lowest BCUT2D eigenvalue weighted by Gasteiger charge is -2.04. The first-order valence-electron chi connectivity index (χ1n) is 6.05. The molecule has 0 unspecified atom stereocenters. The summed E-state index contributed by atoms with van der Waals surface area (Å²) in [6.45, 7) is 1.85. The molecule has 0 aliphatic rings. The Morgan fingerprint density at radius 1 is 1.30 bits per heavy atom. The van der Waals surface area contributed by atoms with E-state index in [9.17, 15) is 4.79 Å². The van der Waals surface area contributed by atoms with E-state index in [-0.39, 0.29) is 5.91 Å². The maximum absolute atomic E-state index is 12.2. The molecule has 0 atom stereocenters. The third kappa shape index (κ3) is 2.53. The van der Waals surface area contributed by atoms with E-state index < -0.39 is 0 Å². The van der Waals surface area contributed by atoms with Gasteiger partial charge >= 0.3 is 0 Å². The number of nitrogens with one attached hydrogen (secondary N) is 1. The van der Waals surface area contributed by atoms with Gasteiger partial charge in [-0.15, -0.1) is 11.3 Å². The van der Waals surface area contributed by atoms with E-state index >= 15 is 0 Å². The lowest BCUT2D eigenvalue weighted by molar-refractivity contribution is 0.103. The molecule has 1 N–H and O–H groups in total. The molecule has 0 saturated heterocycles. The second kappa shape index (κ2) is 5.23. The highest BCUT2D eigenvalue weighted by Gasteiger charge is 2.11. The predicted octanol–water partition coefficient (Wildman–Crippen LogP) is 4.51. The summed E-state index contributed by atoms with van der Waals surface area (Å²) in [6.07, 6.45) is 1.56. The first-order chi connectivity index (χ1) is 9.63. The molecule has 100 valence electrons. The Kier molecular flexibility index (Phi) is 3.42. The second-order valence-electron chi connectivity index (χ2n) is 4.43. The highest BCUT2D eigenvalue weighted by atomic mass is 35.5. The number of aryl methyl sites for hydroxylation is 1. The average Bonchev–Trinajstić information content (AvgIpc) is 2.87. The molecule has 0 aliphatic heterocycles. The minimum absolute atomic E-state index is 0.130. The smallest absolute Gasteiger partial charge is 0.265 e. The van der Waals surface area contributed by atoms with Crippen LogP contribution in [0.15, 0.2) is 42.6 Å². The zero-order valence-corrected chi connectivity index (χ0v) is 12.3. The van der Waals surface area contributed by atoms with E-state index in [0.29, 0.717) is 15.7 Å². The molecule has 0 aliphatic carbocycles. The molecule has 0 saturated carbocycles. The van der Waals surface area contributed by atoms with Crippen LogP contribution < -0.4 is 5.32 Å². The number of thiophene rings is 1. The number of halogens is 1. The molecule has 0 spiro atoms. The summed E-state index contributed by atoms with van der Waals surface area (Å²) in [5.41, 5.74) is 1.48. The first-order valence-corrected chi connectivity index (χ1v) is 7.25. The van der Waals surface area contributed by atoms with Crippen LogP contribution in [-0.4, -0.2) is 10.9 Å². The summed E-state index contributed by atoms with van der Waals surface area (Å²) in [5.74, 6) is -0.130. The van der Waals surface area contributed by atoms with Crippen molar-refractivity contribution in [3.05, 3.63) is 58.2 Å². The molecule has 0 bridgehead atoms. The summed E-state index contributed by atoms with van der Waals surface area (Å²) in [4.78, 5) is 16.9. The molecule has 0 radical (unpaired) electrons. The monoisotopic (exact) mass is 302 g/mol. The number of hydrogen-bond donors (Lipinski definition) is 1. The fourth-order valence-electron chi connectivity index (χ4n) is 1.91. The topological polar surface area (TPSA) is 42.0 Å². The standard InChI is InChI=1S/C15H11ClN2OS/c1-9-6-11(8-17-14(9)16)18-15(19)13-7-10-4-2-3-5-12(10)20-13/h2-8H,1H3,(H,18,19). The van der Waals surface area contributed by atoms with Crippen LogP contribution in [0.1, 0.15) is 15.2 Å². The van der Waals surface area contributed by atoms with E-state index in [0.717, 1.165) is 15.6 Å². The third-order valence-corrected chi connectivity index (χ3v) is 4.43. The Hall–Kier alpha value is -1.91. The van der Waals surface area contributed by atoms with Crippen LogP contribution >= 0.6 is 22.9 Å². The van der Waals surface area contributed by atoms with E-state index in [1.165, 1.54) is 11.3 Å². The molecule has 2 heterocycles. The lowest BCUT2D eigenvalue weighted by Crippen LogP contribution is -2.10.